The van der Waals surface area contributed by atoms with Gasteiger partial charge in [0.1, 0.15) is 6.10 Å². The maximum Gasteiger partial charge on any atom is 0.254 e. The van der Waals surface area contributed by atoms with Gasteiger partial charge in [-0.2, -0.15) is 0 Å². The van der Waals surface area contributed by atoms with Crippen LogP contribution >= 0.6 is 0 Å². The minimum atomic E-state index is -1.53. The maximum absolute atomic E-state index is 10.3. The van der Waals surface area contributed by atoms with Gasteiger partial charge in [0.25, 0.3) is 7.28 Å². The molecule has 1 aliphatic rings. The summed E-state index contributed by atoms with van der Waals surface area (Å²) >= 11 is 0. The number of Topliss-reactive ketones (excluding diaryl/α,β-unsaturated/α-hetero) is 1. The molecule has 0 bridgehead atoms. The molecule has 1 rings (SSSR count). The lowest BCUT2D eigenvalue weighted by molar-refractivity contribution is -0.137. The largest absolute Gasteiger partial charge is 0.398 e. The van der Waals surface area contributed by atoms with Gasteiger partial charge in [0.05, 0.1) is 6.00 Å². The molecule has 2 unspecified atom stereocenters. The van der Waals surface area contributed by atoms with Crippen LogP contribution in [0.25, 0.3) is 0 Å². The van der Waals surface area contributed by atoms with Crippen molar-refractivity contribution in [3.05, 3.63) is 0 Å². The third kappa shape index (κ3) is 0.884. The molecule has 2 N–H and O–H groups in total. The molecule has 0 aromatic heterocycles. The summed E-state index contributed by atoms with van der Waals surface area (Å²) in [6.45, 7) is 0. The molecule has 1 fully saturated rings. The molecular formula is C4H4BO4. The van der Waals surface area contributed by atoms with Crippen LogP contribution in [0.3, 0.4) is 0 Å². The van der Waals surface area contributed by atoms with Crippen LogP contribution in [0.4, 0.5) is 0 Å². The van der Waals surface area contributed by atoms with E-state index in [0.717, 1.165) is 7.28 Å². The van der Waals surface area contributed by atoms with Crippen molar-refractivity contribution in [2.24, 2.45) is 0 Å². The van der Waals surface area contributed by atoms with Gasteiger partial charge in [0.2, 0.25) is 5.78 Å². The van der Waals surface area contributed by atoms with Crippen LogP contribution in [0, 0.1) is 0 Å². The number of hydrogen-bond acceptors (Lipinski definition) is 4. The van der Waals surface area contributed by atoms with E-state index in [1.165, 1.54) is 0 Å². The molecule has 0 aromatic rings. The van der Waals surface area contributed by atoms with E-state index in [4.69, 9.17) is 10.2 Å². The smallest absolute Gasteiger partial charge is 0.254 e. The van der Waals surface area contributed by atoms with E-state index in [1.807, 2.05) is 0 Å². The third-order valence-electron chi connectivity index (χ3n) is 1.16. The fourth-order valence-electron chi connectivity index (χ4n) is 0.629. The summed E-state index contributed by atoms with van der Waals surface area (Å²) < 4.78 is 0. The van der Waals surface area contributed by atoms with Gasteiger partial charge in [-0.05, 0) is 0 Å². The molecule has 0 saturated carbocycles. The number of aliphatic hydroxyl groups excluding tert-OH is 2. The molecule has 1 aliphatic heterocycles. The Bertz CT molecular complexity index is 166. The van der Waals surface area contributed by atoms with E-state index in [2.05, 4.69) is 0 Å². The lowest BCUT2D eigenvalue weighted by atomic mass is 9.73. The summed E-state index contributed by atoms with van der Waals surface area (Å²) in [7, 11) is 0.799. The van der Waals surface area contributed by atoms with E-state index in [9.17, 15) is 9.59 Å². The molecule has 0 aromatic carbocycles. The molecule has 1 radical (unpaired) electrons. The SMILES string of the molecule is O=C1[B]C(O)C(O)C1=O. The zero-order chi connectivity index (χ0) is 7.02. The Labute approximate surface area is 51.7 Å². The first-order valence-corrected chi connectivity index (χ1v) is 2.42. The Morgan fingerprint density at radius 2 is 1.89 bits per heavy atom. The fourth-order valence-corrected chi connectivity index (χ4v) is 0.629. The van der Waals surface area contributed by atoms with Crippen LogP contribution in [0.1, 0.15) is 0 Å². The second-order valence-corrected chi connectivity index (χ2v) is 1.83. The Kier molecular flexibility index (Phi) is 1.38. The summed E-state index contributed by atoms with van der Waals surface area (Å²) in [5.41, 5.74) is -0.810. The number of hydrogen-bond donors (Lipinski definition) is 2. The van der Waals surface area contributed by atoms with Crippen molar-refractivity contribution < 1.29 is 19.8 Å². The fraction of sp³-hybridized carbons (Fsp3) is 0.500. The van der Waals surface area contributed by atoms with Gasteiger partial charge in [0.15, 0.2) is 5.68 Å². The van der Waals surface area contributed by atoms with E-state index in [-0.39, 0.29) is 0 Å². The quantitative estimate of drug-likeness (QED) is 0.278. The van der Waals surface area contributed by atoms with Crippen molar-refractivity contribution in [1.29, 1.82) is 0 Å². The molecule has 1 heterocycles. The molecule has 0 spiro atoms. The number of rotatable bonds is 0. The highest BCUT2D eigenvalue weighted by atomic mass is 16.3. The summed E-state index contributed by atoms with van der Waals surface area (Å²) in [6, 6.07) is -1.30. The van der Waals surface area contributed by atoms with E-state index >= 15 is 0 Å². The molecular weight excluding hydrogens is 123 g/mol. The Morgan fingerprint density at radius 3 is 2.00 bits per heavy atom. The summed E-state index contributed by atoms with van der Waals surface area (Å²) in [4.78, 5) is 20.6. The highest BCUT2D eigenvalue weighted by molar-refractivity contribution is 6.92. The van der Waals surface area contributed by atoms with Gasteiger partial charge in [-0.3, -0.25) is 4.79 Å². The number of carbonyl (C=O) groups excluding carboxylic acids is 2. The van der Waals surface area contributed by atoms with Crippen LogP contribution < -0.4 is 0 Å². The molecule has 1 saturated heterocycles. The van der Waals surface area contributed by atoms with Crippen molar-refractivity contribution in [1.82, 2.24) is 0 Å². The van der Waals surface area contributed by atoms with E-state index in [0.29, 0.717) is 0 Å². The number of aliphatic hydroxyl groups is 2. The van der Waals surface area contributed by atoms with E-state index < -0.39 is 23.6 Å². The minimum absolute atomic E-state index is 0.799. The second-order valence-electron chi connectivity index (χ2n) is 1.83. The van der Waals surface area contributed by atoms with Crippen molar-refractivity contribution in [2.75, 3.05) is 0 Å². The monoisotopic (exact) mass is 127 g/mol. The lowest BCUT2D eigenvalue weighted by Crippen LogP contribution is -2.26. The molecule has 5 heteroatoms. The summed E-state index contributed by atoms with van der Waals surface area (Å²) in [5, 5.41) is 17.2. The Morgan fingerprint density at radius 1 is 1.33 bits per heavy atom. The van der Waals surface area contributed by atoms with Crippen LogP contribution in [0.15, 0.2) is 0 Å². The second kappa shape index (κ2) is 1.93. The van der Waals surface area contributed by atoms with Gasteiger partial charge >= 0.3 is 0 Å². The zero-order valence-corrected chi connectivity index (χ0v) is 4.44. The Hall–Kier alpha value is -0.675. The molecule has 0 amide bonds. The standard InChI is InChI=1S/C4H4BO4/c6-1-2(7)4(9)5-3(1)8/h1,3,6,8H. The summed E-state index contributed by atoms with van der Waals surface area (Å²) in [5.74, 6) is -0.928. The summed E-state index contributed by atoms with van der Waals surface area (Å²) in [6.07, 6.45) is -1.53. The predicted molar refractivity (Wildman–Crippen MR) is 27.8 cm³/mol. The number of carbonyl (C=O) groups is 2. The normalized spacial score (nSPS) is 34.9. The van der Waals surface area contributed by atoms with Gasteiger partial charge < -0.3 is 15.0 Å². The van der Waals surface area contributed by atoms with E-state index in [1.54, 1.807) is 0 Å². The third-order valence-corrected chi connectivity index (χ3v) is 1.16. The molecule has 9 heavy (non-hydrogen) atoms. The highest BCUT2D eigenvalue weighted by Crippen LogP contribution is 2.03. The molecule has 4 nitrogen and oxygen atoms in total. The average molecular weight is 127 g/mol. The minimum Gasteiger partial charge on any atom is -0.398 e. The highest BCUT2D eigenvalue weighted by Gasteiger charge is 2.39. The van der Waals surface area contributed by atoms with Crippen molar-refractivity contribution in [3.63, 3.8) is 0 Å². The van der Waals surface area contributed by atoms with Crippen molar-refractivity contribution >= 4 is 18.7 Å². The van der Waals surface area contributed by atoms with Crippen LogP contribution in [-0.2, 0) is 9.59 Å². The van der Waals surface area contributed by atoms with Crippen molar-refractivity contribution in [3.8, 4) is 0 Å². The van der Waals surface area contributed by atoms with Crippen molar-refractivity contribution in [2.45, 2.75) is 12.1 Å². The maximum atomic E-state index is 10.3. The zero-order valence-electron chi connectivity index (χ0n) is 4.44. The van der Waals surface area contributed by atoms with Gasteiger partial charge in [-0.25, -0.2) is 0 Å². The molecule has 0 aliphatic carbocycles. The van der Waals surface area contributed by atoms with Gasteiger partial charge in [-0.15, -0.1) is 0 Å². The first-order chi connectivity index (χ1) is 4.13. The van der Waals surface area contributed by atoms with Crippen LogP contribution in [0.5, 0.6) is 0 Å². The predicted octanol–water partition coefficient (Wildman–Crippen LogP) is -2.52. The molecule has 47 valence electrons. The van der Waals surface area contributed by atoms with Crippen LogP contribution in [-0.4, -0.2) is 41.1 Å². The van der Waals surface area contributed by atoms with Gasteiger partial charge in [-0.1, -0.05) is 0 Å². The van der Waals surface area contributed by atoms with Crippen LogP contribution in [0.2, 0.25) is 0 Å². The number of ketones is 1. The first kappa shape index (κ1) is 6.45. The first-order valence-electron chi connectivity index (χ1n) is 2.42. The Balaban J connectivity index is 2.77. The topological polar surface area (TPSA) is 74.6 Å². The lowest BCUT2D eigenvalue weighted by Gasteiger charge is -2.00. The van der Waals surface area contributed by atoms with Gasteiger partial charge in [0, 0.05) is 0 Å². The molecule has 2 atom stereocenters. The average Bonchev–Trinajstić information content (AvgIpc) is 1.98.